The molecule has 1 aliphatic rings. The number of hydrogen-bond acceptors (Lipinski definition) is 6. The van der Waals surface area contributed by atoms with E-state index in [1.807, 2.05) is 0 Å². The molecule has 0 aliphatic carbocycles. The average molecular weight is 225 g/mol. The molecule has 1 atom stereocenters. The van der Waals surface area contributed by atoms with Gasteiger partial charge in [-0.05, 0) is 29.5 Å². The molecule has 0 saturated carbocycles. The van der Waals surface area contributed by atoms with E-state index >= 15 is 0 Å². The second kappa shape index (κ2) is 2.45. The summed E-state index contributed by atoms with van der Waals surface area (Å²) in [5.74, 6) is 0.435. The molecule has 0 bridgehead atoms. The Morgan fingerprint density at radius 1 is 1.47 bits per heavy atom. The minimum atomic E-state index is -3.28. The molecule has 0 amide bonds. The molecule has 0 fully saturated rings. The van der Waals surface area contributed by atoms with Gasteiger partial charge < -0.3 is 5.32 Å². The van der Waals surface area contributed by atoms with E-state index in [9.17, 15) is 8.42 Å². The van der Waals surface area contributed by atoms with E-state index in [0.29, 0.717) is 11.5 Å². The summed E-state index contributed by atoms with van der Waals surface area (Å²) in [4.78, 5) is 0.245. The first-order chi connectivity index (χ1) is 7.10. The molecular weight excluding hydrogens is 218 g/mol. The first-order valence-corrected chi connectivity index (χ1v) is 5.87. The van der Waals surface area contributed by atoms with E-state index < -0.39 is 15.2 Å². The quantitative estimate of drug-likeness (QED) is 0.660. The molecule has 0 saturated heterocycles. The summed E-state index contributed by atoms with van der Waals surface area (Å²) in [6, 6.07) is 3.10. The van der Waals surface area contributed by atoms with Crippen LogP contribution in [-0.2, 0) is 9.84 Å². The molecule has 15 heavy (non-hydrogen) atoms. The van der Waals surface area contributed by atoms with Crippen molar-refractivity contribution in [2.75, 3.05) is 5.32 Å². The second-order valence-electron chi connectivity index (χ2n) is 3.33. The topological polar surface area (TPSA) is 89.2 Å². The lowest BCUT2D eigenvalue weighted by molar-refractivity contribution is 0.593. The average Bonchev–Trinajstić information content (AvgIpc) is 2.72. The molecule has 78 valence electrons. The third kappa shape index (κ3) is 0.938. The fourth-order valence-corrected chi connectivity index (χ4v) is 2.93. The maximum Gasteiger partial charge on any atom is 0.202 e. The molecule has 3 rings (SSSR count). The van der Waals surface area contributed by atoms with Gasteiger partial charge in [-0.15, -0.1) is 5.10 Å². The van der Waals surface area contributed by atoms with Gasteiger partial charge in [0.1, 0.15) is 10.3 Å². The van der Waals surface area contributed by atoms with Crippen LogP contribution in [0.25, 0.3) is 5.65 Å². The number of sulfone groups is 1. The predicted octanol–water partition coefficient (Wildman–Crippen LogP) is -0.331. The van der Waals surface area contributed by atoms with Crippen LogP contribution in [0.3, 0.4) is 0 Å². The number of rotatable bonds is 0. The summed E-state index contributed by atoms with van der Waals surface area (Å²) in [6.45, 7) is 1.59. The van der Waals surface area contributed by atoms with Gasteiger partial charge in [-0.3, -0.25) is 0 Å². The van der Waals surface area contributed by atoms with Crippen LogP contribution in [0.1, 0.15) is 6.92 Å². The van der Waals surface area contributed by atoms with E-state index in [4.69, 9.17) is 0 Å². The molecule has 7 nitrogen and oxygen atoms in total. The fraction of sp³-hybridized carbons (Fsp3) is 0.286. The summed E-state index contributed by atoms with van der Waals surface area (Å²) in [5.41, 5.74) is 0.519. The standard InChI is InChI=1S/C7H7N5O2S/c1-4-8-7-5(15(4,13)14)2-3-6-9-10-11-12(6)7/h2-4,8H,1H3. The minimum Gasteiger partial charge on any atom is -0.352 e. The number of fused-ring (bicyclic) bond motifs is 3. The van der Waals surface area contributed by atoms with Crippen molar-refractivity contribution >= 4 is 21.3 Å². The van der Waals surface area contributed by atoms with Gasteiger partial charge in [0, 0.05) is 0 Å². The second-order valence-corrected chi connectivity index (χ2v) is 5.56. The molecule has 0 spiro atoms. The maximum absolute atomic E-state index is 11.8. The van der Waals surface area contributed by atoms with Crippen LogP contribution in [0.15, 0.2) is 17.0 Å². The molecular formula is C7H7N5O2S. The van der Waals surface area contributed by atoms with Crippen LogP contribution in [-0.4, -0.2) is 33.8 Å². The lowest BCUT2D eigenvalue weighted by atomic mass is 10.4. The van der Waals surface area contributed by atoms with E-state index in [1.54, 1.807) is 13.0 Å². The Kier molecular flexibility index (Phi) is 1.41. The third-order valence-electron chi connectivity index (χ3n) is 2.43. The predicted molar refractivity (Wildman–Crippen MR) is 51.1 cm³/mol. The Morgan fingerprint density at radius 3 is 3.07 bits per heavy atom. The van der Waals surface area contributed by atoms with Gasteiger partial charge in [0.2, 0.25) is 9.84 Å². The van der Waals surface area contributed by atoms with Gasteiger partial charge in [0.05, 0.1) is 0 Å². The smallest absolute Gasteiger partial charge is 0.202 e. The van der Waals surface area contributed by atoms with Crippen molar-refractivity contribution in [1.82, 2.24) is 20.0 Å². The molecule has 1 aliphatic heterocycles. The molecule has 1 unspecified atom stereocenters. The molecule has 0 aromatic carbocycles. The first kappa shape index (κ1) is 8.60. The Morgan fingerprint density at radius 2 is 2.27 bits per heavy atom. The van der Waals surface area contributed by atoms with Crippen LogP contribution in [0.5, 0.6) is 0 Å². The van der Waals surface area contributed by atoms with E-state index in [-0.39, 0.29) is 4.90 Å². The van der Waals surface area contributed by atoms with Crippen LogP contribution >= 0.6 is 0 Å². The maximum atomic E-state index is 11.8. The highest BCUT2D eigenvalue weighted by Gasteiger charge is 2.35. The Bertz CT molecular complexity index is 646. The van der Waals surface area contributed by atoms with Crippen LogP contribution < -0.4 is 5.32 Å². The van der Waals surface area contributed by atoms with E-state index in [2.05, 4.69) is 20.8 Å². The Labute approximate surface area is 85.0 Å². The largest absolute Gasteiger partial charge is 0.352 e. The third-order valence-corrected chi connectivity index (χ3v) is 4.43. The normalized spacial score (nSPS) is 22.6. The van der Waals surface area contributed by atoms with Gasteiger partial charge in [0.15, 0.2) is 11.5 Å². The first-order valence-electron chi connectivity index (χ1n) is 4.32. The van der Waals surface area contributed by atoms with E-state index in [1.165, 1.54) is 10.6 Å². The van der Waals surface area contributed by atoms with E-state index in [0.717, 1.165) is 0 Å². The van der Waals surface area contributed by atoms with Crippen LogP contribution in [0.2, 0.25) is 0 Å². The summed E-state index contributed by atoms with van der Waals surface area (Å²) < 4.78 is 25.0. The van der Waals surface area contributed by atoms with Gasteiger partial charge in [0.25, 0.3) is 0 Å². The molecule has 2 aromatic heterocycles. The number of aromatic nitrogens is 4. The Hall–Kier alpha value is -1.70. The number of tetrazole rings is 1. The van der Waals surface area contributed by atoms with Crippen molar-refractivity contribution in [1.29, 1.82) is 0 Å². The van der Waals surface area contributed by atoms with Crippen molar-refractivity contribution < 1.29 is 8.42 Å². The lowest BCUT2D eigenvalue weighted by Crippen LogP contribution is -2.18. The number of pyridine rings is 1. The highest BCUT2D eigenvalue weighted by atomic mass is 32.2. The summed E-state index contributed by atoms with van der Waals surface area (Å²) >= 11 is 0. The fourth-order valence-electron chi connectivity index (χ4n) is 1.61. The van der Waals surface area contributed by atoms with Gasteiger partial charge in [-0.25, -0.2) is 8.42 Å². The zero-order chi connectivity index (χ0) is 10.6. The molecule has 2 aromatic rings. The summed E-state index contributed by atoms with van der Waals surface area (Å²) in [6.07, 6.45) is 0. The van der Waals surface area contributed by atoms with Crippen molar-refractivity contribution in [3.63, 3.8) is 0 Å². The highest BCUT2D eigenvalue weighted by molar-refractivity contribution is 7.92. The highest BCUT2D eigenvalue weighted by Crippen LogP contribution is 2.32. The molecule has 1 N–H and O–H groups in total. The van der Waals surface area contributed by atoms with Crippen LogP contribution in [0.4, 0.5) is 5.82 Å². The monoisotopic (exact) mass is 225 g/mol. The molecule has 0 radical (unpaired) electrons. The van der Waals surface area contributed by atoms with Crippen molar-refractivity contribution in [3.05, 3.63) is 12.1 Å². The summed E-state index contributed by atoms with van der Waals surface area (Å²) in [7, 11) is -3.28. The zero-order valence-electron chi connectivity index (χ0n) is 7.75. The minimum absolute atomic E-state index is 0.245. The molecule has 3 heterocycles. The van der Waals surface area contributed by atoms with Gasteiger partial charge >= 0.3 is 0 Å². The lowest BCUT2D eigenvalue weighted by Gasteiger charge is -2.00. The SMILES string of the molecule is CC1Nc2c(ccc3nnnn23)S1(=O)=O. The number of nitrogens with zero attached hydrogens (tertiary/aromatic N) is 4. The number of nitrogens with one attached hydrogen (secondary N) is 1. The van der Waals surface area contributed by atoms with Gasteiger partial charge in [-0.1, -0.05) is 0 Å². The number of hydrogen-bond donors (Lipinski definition) is 1. The van der Waals surface area contributed by atoms with Crippen LogP contribution in [0, 0.1) is 0 Å². The summed E-state index contributed by atoms with van der Waals surface area (Å²) in [5, 5.41) is 13.1. The zero-order valence-corrected chi connectivity index (χ0v) is 8.56. The van der Waals surface area contributed by atoms with Crippen molar-refractivity contribution in [2.45, 2.75) is 17.2 Å². The Balaban J connectivity index is 2.46. The number of anilines is 1. The van der Waals surface area contributed by atoms with Crippen molar-refractivity contribution in [2.24, 2.45) is 0 Å². The molecule has 8 heteroatoms. The van der Waals surface area contributed by atoms with Crippen molar-refractivity contribution in [3.8, 4) is 0 Å². The van der Waals surface area contributed by atoms with Gasteiger partial charge in [-0.2, -0.15) is 4.52 Å².